The average Bonchev–Trinajstić information content (AvgIpc) is 3.42. The molecule has 4 rings (SSSR count). The van der Waals surface area contributed by atoms with Crippen LogP contribution in [0.15, 0.2) is 101 Å². The van der Waals surface area contributed by atoms with Crippen LogP contribution in [0.1, 0.15) is 11.1 Å². The summed E-state index contributed by atoms with van der Waals surface area (Å²) in [6.45, 7) is 0. The smallest absolute Gasteiger partial charge is 0.231 e. The van der Waals surface area contributed by atoms with Crippen LogP contribution in [0.25, 0.3) is 0 Å². The largest absolute Gasteiger partial charge is 2.00 e. The predicted molar refractivity (Wildman–Crippen MR) is 107 cm³/mol. The van der Waals surface area contributed by atoms with Crippen LogP contribution in [-0.2, 0) is 17.1 Å². The number of nitrogens with zero attached hydrogens (tertiary/aromatic N) is 2. The molecule has 0 fully saturated rings. The molecule has 2 nitrogen and oxygen atoms in total. The molecule has 27 heavy (non-hydrogen) atoms. The van der Waals surface area contributed by atoms with Crippen molar-refractivity contribution in [3.8, 4) is 11.8 Å². The van der Waals surface area contributed by atoms with E-state index in [9.17, 15) is 0 Å². The molecule has 2 radical (unpaired) electrons. The molecule has 1 aliphatic rings. The Morgan fingerprint density at radius 3 is 2.26 bits per heavy atom. The van der Waals surface area contributed by atoms with Crippen molar-refractivity contribution in [3.63, 3.8) is 0 Å². The van der Waals surface area contributed by atoms with Crippen LogP contribution < -0.4 is 0 Å². The van der Waals surface area contributed by atoms with E-state index in [-0.39, 0.29) is 17.1 Å². The molecule has 0 heterocycles. The number of hydrogen-bond acceptors (Lipinski definition) is 2. The molecule has 1 aliphatic carbocycles. The first kappa shape index (κ1) is 20.4. The molecule has 3 aromatic carbocycles. The van der Waals surface area contributed by atoms with Crippen molar-refractivity contribution in [1.82, 2.24) is 0 Å². The van der Waals surface area contributed by atoms with Crippen LogP contribution in [0, 0.1) is 31.1 Å². The molecular formula is C24H18FeN2. The zero-order chi connectivity index (χ0) is 17.9. The second-order valence-corrected chi connectivity index (χ2v) is 5.47. The Labute approximate surface area is 171 Å². The molecule has 0 saturated carbocycles. The summed E-state index contributed by atoms with van der Waals surface area (Å²) < 4.78 is 0. The fourth-order valence-electron chi connectivity index (χ4n) is 2.18. The van der Waals surface area contributed by atoms with Crippen molar-refractivity contribution in [2.24, 2.45) is 10.2 Å². The number of hydrogen-bond donors (Lipinski definition) is 0. The van der Waals surface area contributed by atoms with Crippen molar-refractivity contribution >= 4 is 11.4 Å². The molecule has 0 saturated heterocycles. The first-order valence-electron chi connectivity index (χ1n) is 8.37. The fourth-order valence-corrected chi connectivity index (χ4v) is 2.18. The monoisotopic (exact) mass is 390 g/mol. The third-order valence-corrected chi connectivity index (χ3v) is 3.45. The van der Waals surface area contributed by atoms with Crippen LogP contribution in [0.4, 0.5) is 11.4 Å². The second-order valence-electron chi connectivity index (χ2n) is 5.47. The molecule has 0 atom stereocenters. The van der Waals surface area contributed by atoms with E-state index in [1.54, 1.807) is 0 Å². The number of azo groups is 1. The predicted octanol–water partition coefficient (Wildman–Crippen LogP) is 6.39. The van der Waals surface area contributed by atoms with E-state index >= 15 is 0 Å². The third kappa shape index (κ3) is 7.46. The van der Waals surface area contributed by atoms with Gasteiger partial charge in [0.25, 0.3) is 0 Å². The number of benzene rings is 2. The average molecular weight is 390 g/mol. The van der Waals surface area contributed by atoms with Crippen molar-refractivity contribution in [1.29, 1.82) is 0 Å². The van der Waals surface area contributed by atoms with Gasteiger partial charge in [-0.3, -0.25) is 0 Å². The van der Waals surface area contributed by atoms with Gasteiger partial charge in [0.05, 0.1) is 11.4 Å². The fraction of sp³-hybridized carbons (Fsp3) is 0. The normalized spacial score (nSPS) is 11.6. The Morgan fingerprint density at radius 2 is 1.59 bits per heavy atom. The van der Waals surface area contributed by atoms with E-state index < -0.39 is 0 Å². The second kappa shape index (κ2) is 11.6. The van der Waals surface area contributed by atoms with Gasteiger partial charge in [-0.25, -0.2) is 18.6 Å². The van der Waals surface area contributed by atoms with Gasteiger partial charge in [-0.05, 0) is 30.3 Å². The van der Waals surface area contributed by atoms with Gasteiger partial charge >= 0.3 is 17.1 Å². The summed E-state index contributed by atoms with van der Waals surface area (Å²) in [6, 6.07) is 25.4. The first-order chi connectivity index (χ1) is 12.9. The summed E-state index contributed by atoms with van der Waals surface area (Å²) in [6.07, 6.45) is 10.0. The molecule has 0 aliphatic heterocycles. The maximum absolute atomic E-state index is 4.24. The van der Waals surface area contributed by atoms with Gasteiger partial charge in [0.15, 0.2) is 0 Å². The van der Waals surface area contributed by atoms with E-state index in [0.29, 0.717) is 0 Å². The summed E-state index contributed by atoms with van der Waals surface area (Å²) in [7, 11) is 0. The molecule has 0 N–H and O–H groups in total. The van der Waals surface area contributed by atoms with Crippen molar-refractivity contribution in [3.05, 3.63) is 121 Å². The van der Waals surface area contributed by atoms with E-state index in [1.165, 1.54) is 0 Å². The Hall–Kier alpha value is -2.92. The summed E-state index contributed by atoms with van der Waals surface area (Å²) in [5.41, 5.74) is 3.59. The molecule has 0 aromatic heterocycles. The standard InChI is InChI=1S/C19H13N2.C5H5.Fe/c1-2-10-18(11-3-1)20-21-19-12-6-9-17(15-19)14-13-16-7-4-5-8-16;1-2-4-5-3-1;/h1-12,15H;1-5H;/q2*-1;+2. The van der Waals surface area contributed by atoms with Crippen molar-refractivity contribution in [2.45, 2.75) is 0 Å². The SMILES string of the molecule is C(#Cc1ccc[cH-]1)c1cccc(N=Nc2ccccc2)c1.[CH]1[CH][CH-]C=C1.[Fe+2]. The van der Waals surface area contributed by atoms with Crippen LogP contribution in [0.3, 0.4) is 0 Å². The minimum atomic E-state index is 0. The molecule has 0 spiro atoms. The Morgan fingerprint density at radius 1 is 0.778 bits per heavy atom. The van der Waals surface area contributed by atoms with Crippen LogP contribution in [-0.4, -0.2) is 0 Å². The Balaban J connectivity index is 0.000000379. The number of allylic oxidation sites excluding steroid dienone is 2. The minimum Gasteiger partial charge on any atom is -0.231 e. The summed E-state index contributed by atoms with van der Waals surface area (Å²) >= 11 is 0. The first-order valence-corrected chi connectivity index (χ1v) is 8.37. The van der Waals surface area contributed by atoms with Crippen molar-refractivity contribution < 1.29 is 17.1 Å². The molecule has 3 aromatic rings. The van der Waals surface area contributed by atoms with Gasteiger partial charge in [0.2, 0.25) is 0 Å². The molecule has 3 heteroatoms. The zero-order valence-electron chi connectivity index (χ0n) is 14.6. The van der Waals surface area contributed by atoms with E-state index in [0.717, 1.165) is 22.5 Å². The minimum absolute atomic E-state index is 0. The van der Waals surface area contributed by atoms with E-state index in [4.69, 9.17) is 0 Å². The van der Waals surface area contributed by atoms with Gasteiger partial charge in [-0.2, -0.15) is 34.3 Å². The van der Waals surface area contributed by atoms with Crippen LogP contribution in [0.5, 0.6) is 0 Å². The van der Waals surface area contributed by atoms with Crippen molar-refractivity contribution in [2.75, 3.05) is 0 Å². The summed E-state index contributed by atoms with van der Waals surface area (Å²) in [4.78, 5) is 0. The van der Waals surface area contributed by atoms with Gasteiger partial charge in [-0.1, -0.05) is 24.3 Å². The van der Waals surface area contributed by atoms with E-state index in [2.05, 4.69) is 22.1 Å². The quantitative estimate of drug-likeness (QED) is 0.210. The Kier molecular flexibility index (Phi) is 8.80. The Bertz CT molecular complexity index is 908. The van der Waals surface area contributed by atoms with Gasteiger partial charge in [0.1, 0.15) is 0 Å². The molecular weight excluding hydrogens is 372 g/mol. The number of rotatable bonds is 2. The summed E-state index contributed by atoms with van der Waals surface area (Å²) in [5, 5.41) is 8.44. The van der Waals surface area contributed by atoms with Gasteiger partial charge in [0, 0.05) is 5.56 Å². The zero-order valence-corrected chi connectivity index (χ0v) is 15.7. The molecule has 132 valence electrons. The molecule has 0 amide bonds. The topological polar surface area (TPSA) is 24.7 Å². The van der Waals surface area contributed by atoms with Gasteiger partial charge < -0.3 is 0 Å². The van der Waals surface area contributed by atoms with Gasteiger partial charge in [-0.15, -0.1) is 30.4 Å². The third-order valence-electron chi connectivity index (χ3n) is 3.45. The van der Waals surface area contributed by atoms with E-state index in [1.807, 2.05) is 110 Å². The summed E-state index contributed by atoms with van der Waals surface area (Å²) in [5.74, 6) is 6.25. The van der Waals surface area contributed by atoms with Crippen LogP contribution >= 0.6 is 0 Å². The molecule has 0 bridgehead atoms. The van der Waals surface area contributed by atoms with Crippen LogP contribution in [0.2, 0.25) is 0 Å². The maximum Gasteiger partial charge on any atom is 2.00 e. The molecule has 0 unspecified atom stereocenters. The maximum atomic E-state index is 4.24.